The van der Waals surface area contributed by atoms with Gasteiger partial charge in [0.1, 0.15) is 30.0 Å². The number of fused-ring (bicyclic) bond motifs is 1. The van der Waals surface area contributed by atoms with Crippen LogP contribution in [0.2, 0.25) is 0 Å². The topological polar surface area (TPSA) is 83.1 Å². The standard InChI is InChI=1S/C28H26O5/c29-25(24-15-16-26(30)23-12-5-4-11-22(23)24)13-6-8-20(18-27(31)28-14-7-17-32-28)19-33-21-9-2-1-3-10-21/h1-7,9-12,14-17,25,27,29-31H,13,18-19H2/t8?,25-,27-/m1/s1. The normalized spacial score (nSPS) is 12.7. The van der Waals surface area contributed by atoms with E-state index in [1.165, 1.54) is 6.26 Å². The molecule has 2 atom stereocenters. The number of phenols is 1. The van der Waals surface area contributed by atoms with Crippen molar-refractivity contribution >= 4 is 10.8 Å². The smallest absolute Gasteiger partial charge is 0.132 e. The molecule has 0 saturated carbocycles. The van der Waals surface area contributed by atoms with Gasteiger partial charge in [-0.3, -0.25) is 0 Å². The molecule has 5 nitrogen and oxygen atoms in total. The van der Waals surface area contributed by atoms with Crippen LogP contribution >= 0.6 is 0 Å². The van der Waals surface area contributed by atoms with Crippen molar-refractivity contribution in [2.75, 3.05) is 6.61 Å². The lowest BCUT2D eigenvalue weighted by Crippen LogP contribution is -2.05. The number of aliphatic hydroxyl groups is 2. The highest BCUT2D eigenvalue weighted by Crippen LogP contribution is 2.32. The molecule has 0 aliphatic heterocycles. The molecule has 5 heteroatoms. The molecule has 1 heterocycles. The molecule has 0 unspecified atom stereocenters. The van der Waals surface area contributed by atoms with Crippen LogP contribution in [0.1, 0.15) is 36.4 Å². The average molecular weight is 443 g/mol. The summed E-state index contributed by atoms with van der Waals surface area (Å²) in [5.74, 6) is 1.38. The van der Waals surface area contributed by atoms with Gasteiger partial charge in [-0.15, -0.1) is 5.73 Å². The zero-order valence-electron chi connectivity index (χ0n) is 18.1. The molecule has 168 valence electrons. The Labute approximate surface area is 192 Å². The molecule has 4 rings (SSSR count). The molecule has 3 aromatic carbocycles. The summed E-state index contributed by atoms with van der Waals surface area (Å²) in [6.45, 7) is 0.247. The second-order valence-electron chi connectivity index (χ2n) is 7.76. The van der Waals surface area contributed by atoms with E-state index in [0.29, 0.717) is 17.6 Å². The van der Waals surface area contributed by atoms with E-state index in [2.05, 4.69) is 5.73 Å². The fourth-order valence-corrected chi connectivity index (χ4v) is 3.70. The Morgan fingerprint density at radius 1 is 0.879 bits per heavy atom. The minimum Gasteiger partial charge on any atom is -0.507 e. The molecule has 0 fully saturated rings. The first-order chi connectivity index (χ1) is 16.1. The van der Waals surface area contributed by atoms with Crippen LogP contribution in [0.4, 0.5) is 0 Å². The number of phenolic OH excluding ortho intramolecular Hbond substituents is 1. The summed E-state index contributed by atoms with van der Waals surface area (Å²) >= 11 is 0. The van der Waals surface area contributed by atoms with E-state index in [1.54, 1.807) is 30.3 Å². The van der Waals surface area contributed by atoms with Gasteiger partial charge in [-0.1, -0.05) is 48.5 Å². The maximum atomic E-state index is 10.8. The van der Waals surface area contributed by atoms with E-state index in [4.69, 9.17) is 9.15 Å². The molecule has 0 spiro atoms. The van der Waals surface area contributed by atoms with Gasteiger partial charge in [0.15, 0.2) is 0 Å². The minimum atomic E-state index is -0.818. The maximum absolute atomic E-state index is 10.8. The Balaban J connectivity index is 1.52. The highest BCUT2D eigenvalue weighted by molar-refractivity contribution is 5.91. The van der Waals surface area contributed by atoms with Crippen molar-refractivity contribution in [2.24, 2.45) is 0 Å². The molecule has 3 N–H and O–H groups in total. The number of benzene rings is 3. The van der Waals surface area contributed by atoms with Gasteiger partial charge in [-0.05, 0) is 47.4 Å². The molecule has 33 heavy (non-hydrogen) atoms. The molecule has 0 saturated heterocycles. The first kappa shape index (κ1) is 22.4. The summed E-state index contributed by atoms with van der Waals surface area (Å²) < 4.78 is 11.2. The zero-order chi connectivity index (χ0) is 23.0. The second-order valence-corrected chi connectivity index (χ2v) is 7.76. The van der Waals surface area contributed by atoms with Gasteiger partial charge < -0.3 is 24.5 Å². The molecule has 1 aromatic heterocycles. The third-order valence-electron chi connectivity index (χ3n) is 5.41. The van der Waals surface area contributed by atoms with E-state index >= 15 is 0 Å². The van der Waals surface area contributed by atoms with E-state index in [0.717, 1.165) is 22.3 Å². The molecule has 0 amide bonds. The minimum absolute atomic E-state index is 0.184. The summed E-state index contributed by atoms with van der Waals surface area (Å²) in [5, 5.41) is 32.9. The van der Waals surface area contributed by atoms with Crippen LogP contribution in [0.15, 0.2) is 107 Å². The van der Waals surface area contributed by atoms with E-state index < -0.39 is 12.2 Å². The van der Waals surface area contributed by atoms with Gasteiger partial charge in [-0.25, -0.2) is 0 Å². The zero-order valence-corrected chi connectivity index (χ0v) is 18.1. The fourth-order valence-electron chi connectivity index (χ4n) is 3.70. The van der Waals surface area contributed by atoms with Gasteiger partial charge >= 0.3 is 0 Å². The van der Waals surface area contributed by atoms with Crippen molar-refractivity contribution in [3.05, 3.63) is 114 Å². The van der Waals surface area contributed by atoms with Crippen molar-refractivity contribution in [3.8, 4) is 11.5 Å². The number of rotatable bonds is 9. The van der Waals surface area contributed by atoms with Gasteiger partial charge in [0.25, 0.3) is 0 Å². The van der Waals surface area contributed by atoms with E-state index in [1.807, 2.05) is 54.6 Å². The predicted octanol–water partition coefficient (Wildman–Crippen LogP) is 5.85. The van der Waals surface area contributed by atoms with Crippen LogP contribution in [-0.4, -0.2) is 21.9 Å². The van der Waals surface area contributed by atoms with Crippen LogP contribution in [0.25, 0.3) is 10.8 Å². The van der Waals surface area contributed by atoms with Crippen LogP contribution in [0.5, 0.6) is 11.5 Å². The highest BCUT2D eigenvalue weighted by Gasteiger charge is 2.14. The molecule has 4 aromatic rings. The molecule has 0 aliphatic rings. The lowest BCUT2D eigenvalue weighted by Gasteiger charge is -2.13. The number of aliphatic hydroxyl groups excluding tert-OH is 2. The number of hydrogen-bond acceptors (Lipinski definition) is 5. The summed E-state index contributed by atoms with van der Waals surface area (Å²) in [4.78, 5) is 0. The largest absolute Gasteiger partial charge is 0.507 e. The van der Waals surface area contributed by atoms with Crippen LogP contribution in [-0.2, 0) is 0 Å². The Morgan fingerprint density at radius 3 is 2.39 bits per heavy atom. The van der Waals surface area contributed by atoms with E-state index in [-0.39, 0.29) is 18.8 Å². The number of hydrogen-bond donors (Lipinski definition) is 3. The molecular weight excluding hydrogens is 416 g/mol. The van der Waals surface area contributed by atoms with Crippen molar-refractivity contribution in [1.29, 1.82) is 0 Å². The third kappa shape index (κ3) is 5.73. The monoisotopic (exact) mass is 442 g/mol. The quantitative estimate of drug-likeness (QED) is 0.283. The van der Waals surface area contributed by atoms with Crippen LogP contribution in [0.3, 0.4) is 0 Å². The van der Waals surface area contributed by atoms with Gasteiger partial charge in [0, 0.05) is 23.8 Å². The van der Waals surface area contributed by atoms with E-state index in [9.17, 15) is 15.3 Å². The van der Waals surface area contributed by atoms with Crippen molar-refractivity contribution < 1.29 is 24.5 Å². The number of ether oxygens (including phenoxy) is 1. The third-order valence-corrected chi connectivity index (χ3v) is 5.41. The van der Waals surface area contributed by atoms with Gasteiger partial charge in [-0.2, -0.15) is 0 Å². The Hall–Kier alpha value is -3.76. The first-order valence-corrected chi connectivity index (χ1v) is 10.8. The predicted molar refractivity (Wildman–Crippen MR) is 127 cm³/mol. The SMILES string of the molecule is Oc1ccc([C@H](O)CC=C=C(COc2ccccc2)C[C@@H](O)c2ccco2)c2ccccc12. The molecule has 0 aliphatic carbocycles. The molecule has 0 bridgehead atoms. The van der Waals surface area contributed by atoms with Crippen molar-refractivity contribution in [1.82, 2.24) is 0 Å². The second kappa shape index (κ2) is 10.7. The fraction of sp³-hybridized carbons (Fsp3) is 0.179. The summed E-state index contributed by atoms with van der Waals surface area (Å²) in [5.41, 5.74) is 4.68. The Bertz CT molecular complexity index is 1240. The molecular formula is C28H26O5. The lowest BCUT2D eigenvalue weighted by atomic mass is 9.98. The molecule has 0 radical (unpaired) electrons. The maximum Gasteiger partial charge on any atom is 0.132 e. The van der Waals surface area contributed by atoms with Crippen molar-refractivity contribution in [2.45, 2.75) is 25.0 Å². The van der Waals surface area contributed by atoms with Gasteiger partial charge in [0.05, 0.1) is 12.4 Å². The first-order valence-electron chi connectivity index (χ1n) is 10.8. The summed E-state index contributed by atoms with van der Waals surface area (Å²) in [6.07, 6.45) is 2.30. The Kier molecular flexibility index (Phi) is 7.28. The van der Waals surface area contributed by atoms with Crippen LogP contribution in [0, 0.1) is 0 Å². The number of para-hydroxylation sites is 1. The highest BCUT2D eigenvalue weighted by atomic mass is 16.5. The van der Waals surface area contributed by atoms with Crippen LogP contribution < -0.4 is 4.74 Å². The number of furan rings is 1. The van der Waals surface area contributed by atoms with Crippen molar-refractivity contribution in [3.63, 3.8) is 0 Å². The number of aromatic hydroxyl groups is 1. The summed E-state index contributed by atoms with van der Waals surface area (Å²) in [7, 11) is 0. The Morgan fingerprint density at radius 2 is 1.64 bits per heavy atom. The lowest BCUT2D eigenvalue weighted by molar-refractivity contribution is 0.146. The van der Waals surface area contributed by atoms with Gasteiger partial charge in [0.2, 0.25) is 0 Å². The summed E-state index contributed by atoms with van der Waals surface area (Å²) in [6, 6.07) is 23.7. The average Bonchev–Trinajstić information content (AvgIpc) is 3.39.